The fraction of sp³-hybridized carbons (Fsp3) is 0.333. The van der Waals surface area contributed by atoms with E-state index >= 15 is 0 Å². The van der Waals surface area contributed by atoms with Crippen molar-refractivity contribution in [3.8, 4) is 11.5 Å². The van der Waals surface area contributed by atoms with Gasteiger partial charge in [-0.3, -0.25) is 0 Å². The van der Waals surface area contributed by atoms with E-state index in [2.05, 4.69) is 6.92 Å². The first-order valence-corrected chi connectivity index (χ1v) is 7.39. The normalized spacial score (nSPS) is 10.7. The smallest absolute Gasteiger partial charge is 0.161 e. The molecule has 0 saturated heterocycles. The maximum atomic E-state index is 9.88. The van der Waals surface area contributed by atoms with Crippen molar-refractivity contribution in [3.63, 3.8) is 0 Å². The van der Waals surface area contributed by atoms with E-state index in [1.807, 2.05) is 42.1 Å². The van der Waals surface area contributed by atoms with Crippen LogP contribution < -0.4 is 4.74 Å². The number of ether oxygens (including phenoxy) is 1. The first kappa shape index (κ1) is 13.1. The van der Waals surface area contributed by atoms with Crippen LogP contribution in [0.4, 0.5) is 0 Å². The van der Waals surface area contributed by atoms with Crippen LogP contribution in [0.15, 0.2) is 36.4 Å². The SMILES string of the molecule is CCSCCCOc1cc2ccccc2cc1O. The molecule has 3 heteroatoms. The molecule has 0 atom stereocenters. The first-order valence-electron chi connectivity index (χ1n) is 6.23. The quantitative estimate of drug-likeness (QED) is 0.796. The van der Waals surface area contributed by atoms with Gasteiger partial charge in [0.1, 0.15) is 0 Å². The molecule has 2 aromatic rings. The number of rotatable bonds is 6. The van der Waals surface area contributed by atoms with E-state index in [1.54, 1.807) is 6.07 Å². The van der Waals surface area contributed by atoms with Crippen LogP contribution in [0.2, 0.25) is 0 Å². The Hall–Kier alpha value is -1.35. The summed E-state index contributed by atoms with van der Waals surface area (Å²) in [4.78, 5) is 0. The predicted octanol–water partition coefficient (Wildman–Crippen LogP) is 4.07. The van der Waals surface area contributed by atoms with Gasteiger partial charge >= 0.3 is 0 Å². The lowest BCUT2D eigenvalue weighted by Gasteiger charge is -2.09. The molecule has 0 aromatic heterocycles. The molecule has 0 spiro atoms. The largest absolute Gasteiger partial charge is 0.504 e. The Labute approximate surface area is 112 Å². The van der Waals surface area contributed by atoms with Gasteiger partial charge in [0.05, 0.1) is 6.61 Å². The van der Waals surface area contributed by atoms with Gasteiger partial charge < -0.3 is 9.84 Å². The van der Waals surface area contributed by atoms with Crippen molar-refractivity contribution >= 4 is 22.5 Å². The second kappa shape index (κ2) is 6.55. The average Bonchev–Trinajstić information content (AvgIpc) is 2.39. The average molecular weight is 262 g/mol. The third-order valence-corrected chi connectivity index (χ3v) is 3.71. The molecule has 0 aliphatic rings. The van der Waals surface area contributed by atoms with Crippen molar-refractivity contribution in [3.05, 3.63) is 36.4 Å². The molecule has 2 rings (SSSR count). The van der Waals surface area contributed by atoms with Crippen molar-refractivity contribution < 1.29 is 9.84 Å². The van der Waals surface area contributed by atoms with Crippen molar-refractivity contribution in [2.24, 2.45) is 0 Å². The molecule has 0 amide bonds. The number of benzene rings is 2. The van der Waals surface area contributed by atoms with Gasteiger partial charge in [-0.1, -0.05) is 31.2 Å². The summed E-state index contributed by atoms with van der Waals surface area (Å²) in [7, 11) is 0. The molecule has 0 unspecified atom stereocenters. The van der Waals surface area contributed by atoms with Crippen molar-refractivity contribution in [1.82, 2.24) is 0 Å². The van der Waals surface area contributed by atoms with Gasteiger partial charge in [-0.25, -0.2) is 0 Å². The van der Waals surface area contributed by atoms with Crippen LogP contribution in [0.1, 0.15) is 13.3 Å². The highest BCUT2D eigenvalue weighted by Crippen LogP contribution is 2.31. The van der Waals surface area contributed by atoms with Crippen LogP contribution in [-0.2, 0) is 0 Å². The predicted molar refractivity (Wildman–Crippen MR) is 78.7 cm³/mol. The third kappa shape index (κ3) is 3.33. The molecule has 0 fully saturated rings. The topological polar surface area (TPSA) is 29.5 Å². The molecule has 0 aliphatic heterocycles. The number of fused-ring (bicyclic) bond motifs is 1. The Morgan fingerprint density at radius 2 is 1.89 bits per heavy atom. The molecule has 96 valence electrons. The highest BCUT2D eigenvalue weighted by Gasteiger charge is 2.04. The number of aromatic hydroxyl groups is 1. The lowest BCUT2D eigenvalue weighted by molar-refractivity contribution is 0.301. The number of phenols is 1. The van der Waals surface area contributed by atoms with Gasteiger partial charge in [0.25, 0.3) is 0 Å². The third-order valence-electron chi connectivity index (χ3n) is 2.72. The Kier molecular flexibility index (Phi) is 4.76. The minimum atomic E-state index is 0.219. The van der Waals surface area contributed by atoms with E-state index in [9.17, 15) is 5.11 Å². The van der Waals surface area contributed by atoms with Gasteiger partial charge in [0.15, 0.2) is 11.5 Å². The molecule has 0 aliphatic carbocycles. The minimum Gasteiger partial charge on any atom is -0.504 e. The van der Waals surface area contributed by atoms with E-state index in [-0.39, 0.29) is 5.75 Å². The second-order valence-corrected chi connectivity index (χ2v) is 5.46. The summed E-state index contributed by atoms with van der Waals surface area (Å²) in [6.45, 7) is 2.81. The Bertz CT molecular complexity index is 511. The molecule has 0 bridgehead atoms. The molecular formula is C15H18O2S. The fourth-order valence-electron chi connectivity index (χ4n) is 1.81. The molecule has 0 saturated carbocycles. The van der Waals surface area contributed by atoms with E-state index in [1.165, 1.54) is 0 Å². The maximum absolute atomic E-state index is 9.88. The molecular weight excluding hydrogens is 244 g/mol. The molecule has 2 nitrogen and oxygen atoms in total. The van der Waals surface area contributed by atoms with Crippen LogP contribution in [0.25, 0.3) is 10.8 Å². The summed E-state index contributed by atoms with van der Waals surface area (Å²) in [5.41, 5.74) is 0. The van der Waals surface area contributed by atoms with Crippen LogP contribution in [0.5, 0.6) is 11.5 Å². The number of phenolic OH excluding ortho intramolecular Hbond substituents is 1. The van der Waals surface area contributed by atoms with Crippen LogP contribution in [0.3, 0.4) is 0 Å². The van der Waals surface area contributed by atoms with E-state index in [0.29, 0.717) is 12.4 Å². The fourth-order valence-corrected chi connectivity index (χ4v) is 2.42. The Morgan fingerprint density at radius 1 is 1.17 bits per heavy atom. The number of thioether (sulfide) groups is 1. The summed E-state index contributed by atoms with van der Waals surface area (Å²) in [6, 6.07) is 11.6. The zero-order valence-electron chi connectivity index (χ0n) is 10.6. The van der Waals surface area contributed by atoms with Crippen LogP contribution in [-0.4, -0.2) is 23.2 Å². The summed E-state index contributed by atoms with van der Waals surface area (Å²) in [5, 5.41) is 12.0. The van der Waals surface area contributed by atoms with E-state index < -0.39 is 0 Å². The van der Waals surface area contributed by atoms with Gasteiger partial charge in [0.2, 0.25) is 0 Å². The monoisotopic (exact) mass is 262 g/mol. The molecule has 18 heavy (non-hydrogen) atoms. The van der Waals surface area contributed by atoms with Gasteiger partial charge in [0, 0.05) is 0 Å². The zero-order chi connectivity index (χ0) is 12.8. The van der Waals surface area contributed by atoms with E-state index in [0.717, 1.165) is 28.7 Å². The summed E-state index contributed by atoms with van der Waals surface area (Å²) >= 11 is 1.91. The summed E-state index contributed by atoms with van der Waals surface area (Å²) in [6.07, 6.45) is 1.00. The maximum Gasteiger partial charge on any atom is 0.161 e. The van der Waals surface area contributed by atoms with Crippen molar-refractivity contribution in [2.45, 2.75) is 13.3 Å². The summed E-state index contributed by atoms with van der Waals surface area (Å²) in [5.74, 6) is 3.04. The molecule has 2 aromatic carbocycles. The molecule has 0 radical (unpaired) electrons. The Morgan fingerprint density at radius 3 is 2.61 bits per heavy atom. The highest BCUT2D eigenvalue weighted by molar-refractivity contribution is 7.99. The second-order valence-electron chi connectivity index (χ2n) is 4.07. The van der Waals surface area contributed by atoms with Crippen molar-refractivity contribution in [1.29, 1.82) is 0 Å². The Balaban J connectivity index is 2.01. The van der Waals surface area contributed by atoms with E-state index in [4.69, 9.17) is 4.74 Å². The lowest BCUT2D eigenvalue weighted by Crippen LogP contribution is -1.99. The number of hydrogen-bond donors (Lipinski definition) is 1. The molecule has 1 N–H and O–H groups in total. The van der Waals surface area contributed by atoms with Gasteiger partial charge in [-0.2, -0.15) is 11.8 Å². The highest BCUT2D eigenvalue weighted by atomic mass is 32.2. The first-order chi connectivity index (χ1) is 8.81. The van der Waals surface area contributed by atoms with Crippen LogP contribution in [0, 0.1) is 0 Å². The zero-order valence-corrected chi connectivity index (χ0v) is 11.4. The van der Waals surface area contributed by atoms with Crippen molar-refractivity contribution in [2.75, 3.05) is 18.1 Å². The minimum absolute atomic E-state index is 0.219. The van der Waals surface area contributed by atoms with Gasteiger partial charge in [-0.05, 0) is 40.8 Å². The number of hydrogen-bond acceptors (Lipinski definition) is 3. The van der Waals surface area contributed by atoms with Crippen LogP contribution >= 0.6 is 11.8 Å². The lowest BCUT2D eigenvalue weighted by atomic mass is 10.1. The van der Waals surface area contributed by atoms with Gasteiger partial charge in [-0.15, -0.1) is 0 Å². The molecule has 0 heterocycles. The standard InChI is InChI=1S/C15H18O2S/c1-2-18-9-5-8-17-15-11-13-7-4-3-6-12(13)10-14(15)16/h3-4,6-7,10-11,16H,2,5,8-9H2,1H3. The summed E-state index contributed by atoms with van der Waals surface area (Å²) < 4.78 is 5.63.